The second kappa shape index (κ2) is 17.8. The lowest BCUT2D eigenvalue weighted by Crippen LogP contribution is -2.43. The number of carbonyl (C=O) groups is 3. The lowest BCUT2D eigenvalue weighted by Gasteiger charge is -2.41. The van der Waals surface area contributed by atoms with E-state index in [4.69, 9.17) is 10.5 Å². The van der Waals surface area contributed by atoms with Crippen molar-refractivity contribution in [1.82, 2.24) is 14.8 Å². The maximum Gasteiger partial charge on any atom is 0.407 e. The molecule has 1 heterocycles. The van der Waals surface area contributed by atoms with Crippen molar-refractivity contribution in [1.29, 1.82) is 0 Å². The fraction of sp³-hybridized carbons (Fsp3) is 0.390. The molecule has 2 atom stereocenters. The zero-order valence-corrected chi connectivity index (χ0v) is 32.8. The van der Waals surface area contributed by atoms with E-state index in [-0.39, 0.29) is 30.5 Å². The highest BCUT2D eigenvalue weighted by molar-refractivity contribution is 6.76. The summed E-state index contributed by atoms with van der Waals surface area (Å²) in [7, 11) is -1.37. The summed E-state index contributed by atoms with van der Waals surface area (Å²) in [4.78, 5) is 41.1. The van der Waals surface area contributed by atoms with E-state index in [1.807, 2.05) is 61.7 Å². The monoisotopic (exact) mass is 745 g/mol. The molecule has 12 heteroatoms. The Kier molecular flexibility index (Phi) is 13.8. The molecule has 0 spiro atoms. The van der Waals surface area contributed by atoms with E-state index in [2.05, 4.69) is 30.3 Å². The van der Waals surface area contributed by atoms with Crippen LogP contribution in [0.4, 0.5) is 19.3 Å². The van der Waals surface area contributed by atoms with Gasteiger partial charge in [0.1, 0.15) is 11.6 Å². The fourth-order valence-corrected chi connectivity index (χ4v) is 6.73. The summed E-state index contributed by atoms with van der Waals surface area (Å²) in [6.45, 7) is 15.6. The van der Waals surface area contributed by atoms with Crippen molar-refractivity contribution in [2.24, 2.45) is 11.1 Å². The summed E-state index contributed by atoms with van der Waals surface area (Å²) < 4.78 is 37.1. The van der Waals surface area contributed by atoms with Crippen molar-refractivity contribution >= 4 is 31.7 Å². The molecule has 0 aliphatic rings. The minimum absolute atomic E-state index is 0.116. The Labute approximate surface area is 312 Å². The van der Waals surface area contributed by atoms with Crippen molar-refractivity contribution in [3.8, 4) is 11.1 Å². The Morgan fingerprint density at radius 1 is 0.962 bits per heavy atom. The van der Waals surface area contributed by atoms with Crippen molar-refractivity contribution in [3.63, 3.8) is 0 Å². The molecular formula is C41H53F2N5O4Si. The third kappa shape index (κ3) is 11.8. The molecule has 284 valence electrons. The van der Waals surface area contributed by atoms with Gasteiger partial charge in [0.15, 0.2) is 0 Å². The highest BCUT2D eigenvalue weighted by Crippen LogP contribution is 2.42. The van der Waals surface area contributed by atoms with Crippen LogP contribution < -0.4 is 16.4 Å². The van der Waals surface area contributed by atoms with Crippen LogP contribution >= 0.6 is 0 Å². The second-order valence-corrected chi connectivity index (χ2v) is 21.4. The number of ether oxygens (including phenoxy) is 1. The van der Waals surface area contributed by atoms with Gasteiger partial charge in [-0.2, -0.15) is 0 Å². The normalized spacial score (nSPS) is 12.9. The summed E-state index contributed by atoms with van der Waals surface area (Å²) in [5.41, 5.74) is 8.35. The molecule has 4 aromatic rings. The summed E-state index contributed by atoms with van der Waals surface area (Å²) >= 11 is 0. The van der Waals surface area contributed by atoms with Crippen LogP contribution in [0.15, 0.2) is 85.1 Å². The molecule has 0 aliphatic carbocycles. The molecule has 0 aliphatic heterocycles. The first-order valence-electron chi connectivity index (χ1n) is 18.0. The molecule has 0 bridgehead atoms. The van der Waals surface area contributed by atoms with Crippen LogP contribution in [0.2, 0.25) is 25.7 Å². The van der Waals surface area contributed by atoms with Gasteiger partial charge in [-0.1, -0.05) is 70.7 Å². The number of nitrogens with one attached hydrogen (secondary N) is 2. The molecule has 4 N–H and O–H groups in total. The summed E-state index contributed by atoms with van der Waals surface area (Å²) in [6, 6.07) is 21.2. The number of alkyl carbamates (subject to hydrolysis) is 1. The molecule has 3 amide bonds. The molecule has 0 radical (unpaired) electrons. The van der Waals surface area contributed by atoms with Crippen molar-refractivity contribution in [2.45, 2.75) is 78.4 Å². The topological polar surface area (TPSA) is 119 Å². The molecule has 53 heavy (non-hydrogen) atoms. The van der Waals surface area contributed by atoms with E-state index in [0.717, 1.165) is 29.4 Å². The minimum Gasteiger partial charge on any atom is -0.450 e. The van der Waals surface area contributed by atoms with E-state index in [0.29, 0.717) is 36.4 Å². The van der Waals surface area contributed by atoms with Crippen LogP contribution in [-0.2, 0) is 16.1 Å². The predicted octanol–water partition coefficient (Wildman–Crippen LogP) is 8.45. The van der Waals surface area contributed by atoms with Gasteiger partial charge in [0, 0.05) is 62.0 Å². The van der Waals surface area contributed by atoms with Gasteiger partial charge in [-0.15, -0.1) is 0 Å². The molecular weight excluding hydrogens is 693 g/mol. The summed E-state index contributed by atoms with van der Waals surface area (Å²) in [5, 5.41) is 5.56. The third-order valence-electron chi connectivity index (χ3n) is 8.78. The van der Waals surface area contributed by atoms with Gasteiger partial charge < -0.3 is 30.6 Å². The molecule has 0 unspecified atom stereocenters. The first kappa shape index (κ1) is 41.0. The lowest BCUT2D eigenvalue weighted by atomic mass is 9.82. The van der Waals surface area contributed by atoms with Gasteiger partial charge in [0.05, 0.1) is 18.7 Å². The number of hydrogen-bond acceptors (Lipinski definition) is 5. The number of halogens is 2. The smallest absolute Gasteiger partial charge is 0.407 e. The van der Waals surface area contributed by atoms with Crippen LogP contribution in [0.25, 0.3) is 11.1 Å². The third-order valence-corrected chi connectivity index (χ3v) is 10.5. The first-order valence-corrected chi connectivity index (χ1v) is 21.7. The number of benzene rings is 3. The SMILES string of the molecule is C[C@H](N)C(=O)Nc1ccc(C(=O)N(CCCNC(=O)OCC[Si](C)(C)C)[C@@H](c2cc(-c3cc(F)ccc3F)cn2Cc2ccccc2)C(C)(C)C)cc1. The highest BCUT2D eigenvalue weighted by atomic mass is 28.3. The number of nitrogens with two attached hydrogens (primary N) is 1. The average molecular weight is 746 g/mol. The molecule has 0 fully saturated rings. The van der Waals surface area contributed by atoms with Crippen LogP contribution in [-0.4, -0.2) is 61.2 Å². The van der Waals surface area contributed by atoms with Gasteiger partial charge in [0.25, 0.3) is 5.91 Å². The van der Waals surface area contributed by atoms with Crippen molar-refractivity contribution in [2.75, 3.05) is 25.0 Å². The van der Waals surface area contributed by atoms with Crippen LogP contribution in [0.5, 0.6) is 0 Å². The molecule has 3 aromatic carbocycles. The number of carbonyl (C=O) groups excluding carboxylic acids is 3. The summed E-state index contributed by atoms with van der Waals surface area (Å²) in [6.07, 6.45) is 1.71. The van der Waals surface area contributed by atoms with Gasteiger partial charge in [-0.3, -0.25) is 9.59 Å². The lowest BCUT2D eigenvalue weighted by molar-refractivity contribution is -0.117. The zero-order valence-electron chi connectivity index (χ0n) is 31.8. The Hall–Kier alpha value is -4.81. The van der Waals surface area contributed by atoms with Crippen molar-refractivity contribution < 1.29 is 27.9 Å². The van der Waals surface area contributed by atoms with Gasteiger partial charge in [-0.05, 0) is 78.9 Å². The zero-order chi connectivity index (χ0) is 38.9. The molecule has 0 saturated heterocycles. The predicted molar refractivity (Wildman–Crippen MR) is 209 cm³/mol. The van der Waals surface area contributed by atoms with Gasteiger partial charge >= 0.3 is 6.09 Å². The number of rotatable bonds is 15. The standard InChI is InChI=1S/C41H53F2N5O4Si/c1-28(44)38(49)46-33-17-14-30(15-18-33)39(50)48(21-11-20-45-40(51)52-22-23-53(5,6)7)37(41(2,3)4)36-24-31(34-25-32(42)16-19-35(34)43)27-47(36)26-29-12-9-8-10-13-29/h8-10,12-19,24-25,27-28,37H,11,20-23,26,44H2,1-7H3,(H,45,51)(H,46,49)/t28-,37-/m0/s1. The number of amides is 3. The van der Waals surface area contributed by atoms with E-state index < -0.39 is 43.3 Å². The van der Waals surface area contributed by atoms with Crippen LogP contribution in [0, 0.1) is 17.0 Å². The molecule has 9 nitrogen and oxygen atoms in total. The molecule has 1 aromatic heterocycles. The fourth-order valence-electron chi connectivity index (χ4n) is 6.02. The highest BCUT2D eigenvalue weighted by Gasteiger charge is 2.37. The van der Waals surface area contributed by atoms with Crippen LogP contribution in [0.3, 0.4) is 0 Å². The second-order valence-electron chi connectivity index (χ2n) is 15.7. The Morgan fingerprint density at radius 2 is 1.64 bits per heavy atom. The minimum atomic E-state index is -1.37. The van der Waals surface area contributed by atoms with Gasteiger partial charge in [0.2, 0.25) is 5.91 Å². The van der Waals surface area contributed by atoms with Crippen LogP contribution in [0.1, 0.15) is 61.8 Å². The van der Waals surface area contributed by atoms with E-state index in [9.17, 15) is 18.8 Å². The van der Waals surface area contributed by atoms with E-state index in [1.54, 1.807) is 42.3 Å². The maximum absolute atomic E-state index is 15.2. The van der Waals surface area contributed by atoms with E-state index >= 15 is 4.39 Å². The average Bonchev–Trinajstić information content (AvgIpc) is 3.48. The Balaban J connectivity index is 1.74. The quantitative estimate of drug-likeness (QED) is 0.0834. The molecule has 4 rings (SSSR count). The number of anilines is 1. The number of hydrogen-bond donors (Lipinski definition) is 3. The number of aromatic nitrogens is 1. The number of nitrogens with zero attached hydrogens (tertiary/aromatic N) is 2. The summed E-state index contributed by atoms with van der Waals surface area (Å²) in [5.74, 6) is -1.75. The van der Waals surface area contributed by atoms with E-state index in [1.165, 1.54) is 6.07 Å². The largest absolute Gasteiger partial charge is 0.450 e. The maximum atomic E-state index is 15.2. The first-order chi connectivity index (χ1) is 24.9. The van der Waals surface area contributed by atoms with Crippen molar-refractivity contribution in [3.05, 3.63) is 114 Å². The van der Waals surface area contributed by atoms with Gasteiger partial charge in [-0.25, -0.2) is 13.6 Å². The molecule has 0 saturated carbocycles. The Morgan fingerprint density at radius 3 is 2.26 bits per heavy atom. The Bertz CT molecular complexity index is 1850.